The van der Waals surface area contributed by atoms with Gasteiger partial charge in [0.1, 0.15) is 5.82 Å². The van der Waals surface area contributed by atoms with Crippen LogP contribution in [0.4, 0.5) is 21.5 Å². The molecule has 4 rings (SSSR count). The second-order valence-corrected chi connectivity index (χ2v) is 10.6. The fraction of sp³-hybridized carbons (Fsp3) is 0.435. The Bertz CT molecular complexity index is 1140. The summed E-state index contributed by atoms with van der Waals surface area (Å²) in [5.74, 6) is -0.783. The Morgan fingerprint density at radius 3 is 2.34 bits per heavy atom. The number of carbonyl (C=O) groups excluding carboxylic acids is 1. The number of benzene rings is 2. The van der Waals surface area contributed by atoms with Crippen molar-refractivity contribution in [3.8, 4) is 0 Å². The molecule has 32 heavy (non-hydrogen) atoms. The summed E-state index contributed by atoms with van der Waals surface area (Å²) >= 11 is 0. The van der Waals surface area contributed by atoms with E-state index in [1.165, 1.54) is 16.6 Å². The molecule has 2 heterocycles. The van der Waals surface area contributed by atoms with Gasteiger partial charge < -0.3 is 15.0 Å². The van der Waals surface area contributed by atoms with Crippen LogP contribution < -0.4 is 14.5 Å². The summed E-state index contributed by atoms with van der Waals surface area (Å²) in [7, 11) is -3.39. The molecule has 2 aliphatic rings. The van der Waals surface area contributed by atoms with Gasteiger partial charge in [0.15, 0.2) is 0 Å². The molecule has 0 aromatic heterocycles. The van der Waals surface area contributed by atoms with Crippen LogP contribution >= 0.6 is 0 Å². The minimum absolute atomic E-state index is 0.0127. The van der Waals surface area contributed by atoms with Crippen molar-refractivity contribution in [2.45, 2.75) is 45.4 Å². The molecule has 2 aliphatic heterocycles. The topological polar surface area (TPSA) is 79.0 Å². The van der Waals surface area contributed by atoms with Gasteiger partial charge in [0.2, 0.25) is 10.0 Å². The van der Waals surface area contributed by atoms with Crippen molar-refractivity contribution in [2.75, 3.05) is 33.9 Å². The Morgan fingerprint density at radius 2 is 1.72 bits per heavy atom. The van der Waals surface area contributed by atoms with Crippen LogP contribution in [0.2, 0.25) is 0 Å². The maximum absolute atomic E-state index is 14.8. The van der Waals surface area contributed by atoms with E-state index in [1.807, 2.05) is 25.7 Å². The molecule has 9 heteroatoms. The van der Waals surface area contributed by atoms with Gasteiger partial charge >= 0.3 is 0 Å². The van der Waals surface area contributed by atoms with Gasteiger partial charge in [-0.3, -0.25) is 9.10 Å². The van der Waals surface area contributed by atoms with E-state index in [-0.39, 0.29) is 24.2 Å². The normalized spacial score (nSPS) is 23.2. The predicted molar refractivity (Wildman–Crippen MR) is 124 cm³/mol. The maximum Gasteiger partial charge on any atom is 0.255 e. The molecule has 172 valence electrons. The number of hydrogen-bond acceptors (Lipinski definition) is 5. The van der Waals surface area contributed by atoms with Gasteiger partial charge in [0, 0.05) is 30.4 Å². The highest BCUT2D eigenvalue weighted by atomic mass is 32.2. The first kappa shape index (κ1) is 22.5. The summed E-state index contributed by atoms with van der Waals surface area (Å²) in [6, 6.07) is 9.41. The fourth-order valence-electron chi connectivity index (χ4n) is 4.67. The van der Waals surface area contributed by atoms with E-state index in [0.29, 0.717) is 42.1 Å². The van der Waals surface area contributed by atoms with Crippen molar-refractivity contribution in [2.24, 2.45) is 0 Å². The predicted octanol–water partition coefficient (Wildman–Crippen LogP) is 3.40. The smallest absolute Gasteiger partial charge is 0.255 e. The molecule has 1 fully saturated rings. The molecule has 0 aliphatic carbocycles. The highest BCUT2D eigenvalue weighted by Crippen LogP contribution is 2.35. The summed E-state index contributed by atoms with van der Waals surface area (Å²) < 4.78 is 46.1. The van der Waals surface area contributed by atoms with Gasteiger partial charge in [-0.15, -0.1) is 0 Å². The number of nitrogens with one attached hydrogen (secondary N) is 1. The van der Waals surface area contributed by atoms with Crippen molar-refractivity contribution in [3.05, 3.63) is 53.3 Å². The van der Waals surface area contributed by atoms with E-state index in [2.05, 4.69) is 5.32 Å². The number of sulfonamides is 1. The zero-order chi connectivity index (χ0) is 23.2. The van der Waals surface area contributed by atoms with Crippen LogP contribution in [-0.2, 0) is 21.2 Å². The molecule has 7 nitrogen and oxygen atoms in total. The number of hydrogen-bond donors (Lipinski definition) is 1. The molecule has 0 bridgehead atoms. The average Bonchev–Trinajstić information content (AvgIpc) is 3.02. The van der Waals surface area contributed by atoms with Gasteiger partial charge in [-0.25, -0.2) is 12.8 Å². The fourth-order valence-corrected chi connectivity index (χ4v) is 5.93. The van der Waals surface area contributed by atoms with Crippen LogP contribution in [0.15, 0.2) is 36.4 Å². The molecule has 0 saturated carbocycles. The summed E-state index contributed by atoms with van der Waals surface area (Å²) in [4.78, 5) is 14.7. The summed E-state index contributed by atoms with van der Waals surface area (Å²) in [5, 5.41) is 2.74. The largest absolute Gasteiger partial charge is 0.372 e. The van der Waals surface area contributed by atoms with Crippen molar-refractivity contribution >= 4 is 33.0 Å². The third-order valence-electron chi connectivity index (χ3n) is 5.82. The lowest BCUT2D eigenvalue weighted by atomic mass is 10.1. The number of morpholine rings is 1. The van der Waals surface area contributed by atoms with E-state index < -0.39 is 15.8 Å². The minimum atomic E-state index is -3.39. The van der Waals surface area contributed by atoms with Crippen LogP contribution in [0, 0.1) is 5.82 Å². The van der Waals surface area contributed by atoms with Crippen LogP contribution in [0.3, 0.4) is 0 Å². The van der Waals surface area contributed by atoms with Gasteiger partial charge in [-0.1, -0.05) is 0 Å². The van der Waals surface area contributed by atoms with E-state index in [1.54, 1.807) is 30.3 Å². The molecule has 2 aromatic rings. The summed E-state index contributed by atoms with van der Waals surface area (Å²) in [6.07, 6.45) is 1.73. The van der Waals surface area contributed by atoms with Crippen molar-refractivity contribution in [3.63, 3.8) is 0 Å². The molecular formula is C23H28FN3O4S. The SMILES string of the molecule is CC1CN(c2ccc(NC(=O)c3ccc4c(c3)CC(C)N4S(C)(=O)=O)cc2F)CC(C)O1. The van der Waals surface area contributed by atoms with Crippen LogP contribution in [0.5, 0.6) is 0 Å². The highest BCUT2D eigenvalue weighted by molar-refractivity contribution is 7.92. The van der Waals surface area contributed by atoms with Crippen LogP contribution in [0.1, 0.15) is 36.7 Å². The van der Waals surface area contributed by atoms with Crippen molar-refractivity contribution < 1.29 is 22.3 Å². The van der Waals surface area contributed by atoms with E-state index in [4.69, 9.17) is 4.74 Å². The Kier molecular flexibility index (Phi) is 5.89. The van der Waals surface area contributed by atoms with Gasteiger partial charge in [-0.05, 0) is 69.2 Å². The molecule has 2 aromatic carbocycles. The molecular weight excluding hydrogens is 433 g/mol. The van der Waals surface area contributed by atoms with E-state index in [9.17, 15) is 17.6 Å². The molecule has 1 N–H and O–H groups in total. The first-order chi connectivity index (χ1) is 15.0. The Labute approximate surface area is 188 Å². The number of carbonyl (C=O) groups is 1. The minimum Gasteiger partial charge on any atom is -0.372 e. The third-order valence-corrected chi connectivity index (χ3v) is 7.09. The molecule has 0 spiro atoms. The molecule has 0 radical (unpaired) electrons. The lowest BCUT2D eigenvalue weighted by Crippen LogP contribution is -2.45. The number of fused-ring (bicyclic) bond motifs is 1. The summed E-state index contributed by atoms with van der Waals surface area (Å²) in [6.45, 7) is 6.96. The number of nitrogens with zero attached hydrogens (tertiary/aromatic N) is 2. The monoisotopic (exact) mass is 461 g/mol. The first-order valence-corrected chi connectivity index (χ1v) is 12.5. The standard InChI is InChI=1S/C23H28FN3O4S/c1-14-9-18-10-17(5-7-21(18)27(14)32(4,29)30)23(28)25-19-6-8-22(20(24)11-19)26-12-15(2)31-16(3)13-26/h5-8,10-11,14-16H,9,12-13H2,1-4H3,(H,25,28). The molecule has 1 amide bonds. The highest BCUT2D eigenvalue weighted by Gasteiger charge is 2.33. The number of rotatable bonds is 4. The average molecular weight is 462 g/mol. The lowest BCUT2D eigenvalue weighted by molar-refractivity contribution is -0.00539. The number of halogens is 1. The molecule has 1 saturated heterocycles. The Hall–Kier alpha value is -2.65. The van der Waals surface area contributed by atoms with Gasteiger partial charge in [0.05, 0.1) is 29.8 Å². The third kappa shape index (κ3) is 4.45. The van der Waals surface area contributed by atoms with E-state index >= 15 is 0 Å². The number of amides is 1. The van der Waals surface area contributed by atoms with Crippen molar-refractivity contribution in [1.82, 2.24) is 0 Å². The quantitative estimate of drug-likeness (QED) is 0.755. The second kappa shape index (κ2) is 8.37. The van der Waals surface area contributed by atoms with Crippen LogP contribution in [-0.4, -0.2) is 51.9 Å². The zero-order valence-electron chi connectivity index (χ0n) is 18.6. The molecule has 3 atom stereocenters. The number of ether oxygens (including phenoxy) is 1. The van der Waals surface area contributed by atoms with Gasteiger partial charge in [-0.2, -0.15) is 0 Å². The first-order valence-electron chi connectivity index (χ1n) is 10.7. The molecule has 3 unspecified atom stereocenters. The summed E-state index contributed by atoms with van der Waals surface area (Å²) in [5.41, 5.74) is 2.63. The second-order valence-electron chi connectivity index (χ2n) is 8.74. The van der Waals surface area contributed by atoms with Crippen LogP contribution in [0.25, 0.3) is 0 Å². The Balaban J connectivity index is 1.50. The maximum atomic E-state index is 14.8. The Morgan fingerprint density at radius 1 is 1.06 bits per heavy atom. The van der Waals surface area contributed by atoms with Crippen molar-refractivity contribution in [1.29, 1.82) is 0 Å². The number of anilines is 3. The zero-order valence-corrected chi connectivity index (χ0v) is 19.4. The lowest BCUT2D eigenvalue weighted by Gasteiger charge is -2.37. The van der Waals surface area contributed by atoms with Gasteiger partial charge in [0.25, 0.3) is 5.91 Å². The van der Waals surface area contributed by atoms with E-state index in [0.717, 1.165) is 5.56 Å².